The van der Waals surface area contributed by atoms with Gasteiger partial charge >= 0.3 is 0 Å². The maximum atomic E-state index is 13.4. The summed E-state index contributed by atoms with van der Waals surface area (Å²) < 4.78 is 38.5. The zero-order valence-corrected chi connectivity index (χ0v) is 8.30. The maximum absolute atomic E-state index is 13.4. The van der Waals surface area contributed by atoms with Gasteiger partial charge in [-0.05, 0) is 22.9 Å². The molecule has 0 saturated carbocycles. The summed E-state index contributed by atoms with van der Waals surface area (Å²) in [5, 5.41) is 1.63. The topological polar surface area (TPSA) is 0 Å². The van der Waals surface area contributed by atoms with Crippen LogP contribution >= 0.6 is 22.9 Å². The van der Waals surface area contributed by atoms with E-state index in [0.29, 0.717) is 10.1 Å². The van der Waals surface area contributed by atoms with Gasteiger partial charge in [0.15, 0.2) is 5.82 Å². The van der Waals surface area contributed by atoms with E-state index < -0.39 is 22.8 Å². The van der Waals surface area contributed by atoms with Crippen molar-refractivity contribution < 1.29 is 13.2 Å². The van der Waals surface area contributed by atoms with Gasteiger partial charge in [-0.15, -0.1) is 11.3 Å². The largest absolute Gasteiger partial charge is 0.265 e. The summed E-state index contributed by atoms with van der Waals surface area (Å²) >= 11 is 6.62. The Morgan fingerprint density at radius 2 is 2.07 bits per heavy atom. The van der Waals surface area contributed by atoms with Crippen LogP contribution in [0.2, 0.25) is 5.02 Å². The van der Waals surface area contributed by atoms with Crippen LogP contribution in [0, 0.1) is 5.82 Å². The second kappa shape index (κ2) is 3.44. The van der Waals surface area contributed by atoms with Crippen molar-refractivity contribution in [1.82, 2.24) is 0 Å². The third-order valence-electron chi connectivity index (χ3n) is 1.89. The van der Waals surface area contributed by atoms with Crippen molar-refractivity contribution in [2.75, 3.05) is 0 Å². The van der Waals surface area contributed by atoms with Gasteiger partial charge in [0.25, 0.3) is 6.43 Å². The molecular weight excluding hydrogens is 233 g/mol. The molecule has 2 aromatic rings. The molecule has 0 fully saturated rings. The Morgan fingerprint density at radius 3 is 2.71 bits per heavy atom. The fourth-order valence-corrected chi connectivity index (χ4v) is 2.33. The molecule has 2 rings (SSSR count). The normalized spacial score (nSPS) is 11.5. The van der Waals surface area contributed by atoms with Crippen LogP contribution in [-0.2, 0) is 0 Å². The molecule has 1 heterocycles. The first-order chi connectivity index (χ1) is 6.61. The predicted molar refractivity (Wildman–Crippen MR) is 51.8 cm³/mol. The van der Waals surface area contributed by atoms with Gasteiger partial charge in [-0.3, -0.25) is 0 Å². The lowest BCUT2D eigenvalue weighted by molar-refractivity contribution is 0.151. The molecule has 1 aromatic carbocycles. The van der Waals surface area contributed by atoms with Gasteiger partial charge in [0.2, 0.25) is 0 Å². The quantitative estimate of drug-likeness (QED) is 0.677. The molecule has 14 heavy (non-hydrogen) atoms. The van der Waals surface area contributed by atoms with Crippen molar-refractivity contribution in [2.45, 2.75) is 6.43 Å². The van der Waals surface area contributed by atoms with E-state index in [1.165, 1.54) is 6.07 Å². The highest BCUT2D eigenvalue weighted by molar-refractivity contribution is 7.17. The van der Waals surface area contributed by atoms with Gasteiger partial charge in [0, 0.05) is 5.56 Å². The van der Waals surface area contributed by atoms with Gasteiger partial charge in [-0.25, -0.2) is 13.2 Å². The number of hydrogen-bond acceptors (Lipinski definition) is 1. The third kappa shape index (κ3) is 1.38. The Hall–Kier alpha value is -0.740. The summed E-state index contributed by atoms with van der Waals surface area (Å²) in [6.07, 6.45) is -2.75. The molecule has 74 valence electrons. The van der Waals surface area contributed by atoms with E-state index >= 15 is 0 Å². The van der Waals surface area contributed by atoms with Crippen molar-refractivity contribution in [3.05, 3.63) is 33.9 Å². The lowest BCUT2D eigenvalue weighted by Crippen LogP contribution is -1.89. The van der Waals surface area contributed by atoms with Gasteiger partial charge in [0.05, 0.1) is 9.72 Å². The fourth-order valence-electron chi connectivity index (χ4n) is 1.23. The zero-order valence-electron chi connectivity index (χ0n) is 6.73. The smallest absolute Gasteiger partial charge is 0.205 e. The summed E-state index contributed by atoms with van der Waals surface area (Å²) in [7, 11) is 0. The summed E-state index contributed by atoms with van der Waals surface area (Å²) in [6.45, 7) is 0. The number of rotatable bonds is 1. The second-order valence-electron chi connectivity index (χ2n) is 2.73. The minimum absolute atomic E-state index is 0.319. The Morgan fingerprint density at radius 1 is 1.36 bits per heavy atom. The van der Waals surface area contributed by atoms with Crippen molar-refractivity contribution in [3.8, 4) is 0 Å². The van der Waals surface area contributed by atoms with Crippen LogP contribution in [-0.4, -0.2) is 0 Å². The summed E-state index contributed by atoms with van der Waals surface area (Å²) in [6, 6.07) is 2.81. The molecule has 0 spiro atoms. The van der Waals surface area contributed by atoms with Crippen LogP contribution in [0.1, 0.15) is 12.0 Å². The Kier molecular flexibility index (Phi) is 2.41. The first-order valence-electron chi connectivity index (χ1n) is 3.74. The molecule has 0 unspecified atom stereocenters. The highest BCUT2D eigenvalue weighted by atomic mass is 35.5. The molecule has 0 bridgehead atoms. The number of hydrogen-bond donors (Lipinski definition) is 0. The lowest BCUT2D eigenvalue weighted by Gasteiger charge is -2.04. The molecule has 0 saturated heterocycles. The second-order valence-corrected chi connectivity index (χ2v) is 4.03. The van der Waals surface area contributed by atoms with Crippen molar-refractivity contribution in [2.24, 2.45) is 0 Å². The average molecular weight is 237 g/mol. The van der Waals surface area contributed by atoms with Crippen LogP contribution in [0.15, 0.2) is 17.5 Å². The van der Waals surface area contributed by atoms with E-state index in [0.717, 1.165) is 11.3 Å². The number of benzene rings is 1. The molecule has 1 aromatic heterocycles. The van der Waals surface area contributed by atoms with Crippen LogP contribution in [0.3, 0.4) is 0 Å². The highest BCUT2D eigenvalue weighted by Gasteiger charge is 2.18. The fraction of sp³-hybridized carbons (Fsp3) is 0.111. The van der Waals surface area contributed by atoms with Crippen molar-refractivity contribution in [3.63, 3.8) is 0 Å². The SMILES string of the molecule is Fc1c(Cl)c(C(F)F)cc2ccsc12. The molecule has 0 atom stereocenters. The minimum Gasteiger partial charge on any atom is -0.205 e. The summed E-state index contributed by atoms with van der Waals surface area (Å²) in [4.78, 5) is 0. The lowest BCUT2D eigenvalue weighted by atomic mass is 10.1. The van der Waals surface area contributed by atoms with Crippen LogP contribution in [0.5, 0.6) is 0 Å². The molecule has 0 nitrogen and oxygen atoms in total. The van der Waals surface area contributed by atoms with E-state index in [2.05, 4.69) is 0 Å². The van der Waals surface area contributed by atoms with Gasteiger partial charge < -0.3 is 0 Å². The van der Waals surface area contributed by atoms with Crippen LogP contribution in [0.25, 0.3) is 10.1 Å². The predicted octanol–water partition coefficient (Wildman–Crippen LogP) is 4.63. The maximum Gasteiger partial charge on any atom is 0.265 e. The molecular formula is C9H4ClF3S. The molecule has 0 aliphatic carbocycles. The van der Waals surface area contributed by atoms with Crippen LogP contribution < -0.4 is 0 Å². The standard InChI is InChI=1S/C9H4ClF3S/c10-6-5(9(12)13)3-4-1-2-14-8(4)7(6)11/h1-3,9H. The first kappa shape index (κ1) is 9.80. The summed E-state index contributed by atoms with van der Waals surface area (Å²) in [5.74, 6) is -0.755. The van der Waals surface area contributed by atoms with Gasteiger partial charge in [0.1, 0.15) is 0 Å². The molecule has 0 radical (unpaired) electrons. The number of halogens is 4. The van der Waals surface area contributed by atoms with E-state index in [9.17, 15) is 13.2 Å². The Bertz CT molecular complexity index is 478. The minimum atomic E-state index is -2.75. The average Bonchev–Trinajstić information content (AvgIpc) is 2.58. The molecule has 0 aliphatic rings. The monoisotopic (exact) mass is 236 g/mol. The van der Waals surface area contributed by atoms with E-state index in [-0.39, 0.29) is 0 Å². The molecule has 5 heteroatoms. The number of fused-ring (bicyclic) bond motifs is 1. The Balaban J connectivity index is 2.80. The van der Waals surface area contributed by atoms with E-state index in [1.807, 2.05) is 0 Å². The van der Waals surface area contributed by atoms with Crippen molar-refractivity contribution >= 4 is 33.0 Å². The van der Waals surface area contributed by atoms with Gasteiger partial charge in [-0.1, -0.05) is 11.6 Å². The van der Waals surface area contributed by atoms with E-state index in [1.54, 1.807) is 11.4 Å². The number of alkyl halides is 2. The zero-order chi connectivity index (χ0) is 10.3. The third-order valence-corrected chi connectivity index (χ3v) is 3.19. The number of thiophene rings is 1. The highest BCUT2D eigenvalue weighted by Crippen LogP contribution is 2.36. The summed E-state index contributed by atoms with van der Waals surface area (Å²) in [5.41, 5.74) is -0.449. The Labute approximate surface area is 86.9 Å². The van der Waals surface area contributed by atoms with Gasteiger partial charge in [-0.2, -0.15) is 0 Å². The molecule has 0 aliphatic heterocycles. The van der Waals surface area contributed by atoms with Crippen LogP contribution in [0.4, 0.5) is 13.2 Å². The van der Waals surface area contributed by atoms with Crippen molar-refractivity contribution in [1.29, 1.82) is 0 Å². The van der Waals surface area contributed by atoms with E-state index in [4.69, 9.17) is 11.6 Å². The first-order valence-corrected chi connectivity index (χ1v) is 5.00. The molecule has 0 N–H and O–H groups in total. The molecule has 0 amide bonds.